The molecule has 1 atom stereocenters. The van der Waals surface area contributed by atoms with Crippen LogP contribution >= 0.6 is 11.6 Å². The highest BCUT2D eigenvalue weighted by molar-refractivity contribution is 6.32. The van der Waals surface area contributed by atoms with Gasteiger partial charge in [-0.1, -0.05) is 23.7 Å². The first-order valence-electron chi connectivity index (χ1n) is 9.44. The molecule has 1 aliphatic rings. The average molecular weight is 450 g/mol. The number of alkyl halides is 3. The molecule has 0 spiro atoms. The van der Waals surface area contributed by atoms with Gasteiger partial charge in [-0.2, -0.15) is 0 Å². The number of halogens is 4. The quantitative estimate of drug-likeness (QED) is 0.640. The first kappa shape index (κ1) is 21.1. The van der Waals surface area contributed by atoms with Crippen molar-refractivity contribution < 1.29 is 22.6 Å². The molecule has 2 heterocycles. The monoisotopic (exact) mass is 449 g/mol. The fourth-order valence-corrected chi connectivity index (χ4v) is 3.61. The predicted octanol–water partition coefficient (Wildman–Crippen LogP) is 3.96. The van der Waals surface area contributed by atoms with Crippen LogP contribution in [-0.4, -0.2) is 28.5 Å². The minimum Gasteiger partial charge on any atom is -0.456 e. The number of nitrogens with zero attached hydrogens (tertiary/aromatic N) is 2. The summed E-state index contributed by atoms with van der Waals surface area (Å²) >= 11 is 6.41. The molecule has 5 nitrogen and oxygen atoms in total. The van der Waals surface area contributed by atoms with Crippen LogP contribution in [0.3, 0.4) is 0 Å². The summed E-state index contributed by atoms with van der Waals surface area (Å²) in [6.07, 6.45) is 1.30. The molecule has 2 aromatic carbocycles. The highest BCUT2D eigenvalue weighted by atomic mass is 35.5. The van der Waals surface area contributed by atoms with Crippen molar-refractivity contribution in [3.63, 3.8) is 0 Å². The third-order valence-corrected chi connectivity index (χ3v) is 5.16. The van der Waals surface area contributed by atoms with E-state index < -0.39 is 6.36 Å². The number of nitrogens with two attached hydrogens (primary N) is 1. The molecule has 4 rings (SSSR count). The summed E-state index contributed by atoms with van der Waals surface area (Å²) < 4.78 is 48.9. The fourth-order valence-electron chi connectivity index (χ4n) is 3.40. The third-order valence-electron chi connectivity index (χ3n) is 4.86. The number of aromatic nitrogens is 1. The molecule has 162 valence electrons. The van der Waals surface area contributed by atoms with Crippen molar-refractivity contribution in [2.75, 3.05) is 6.67 Å². The zero-order valence-electron chi connectivity index (χ0n) is 16.4. The van der Waals surface area contributed by atoms with Gasteiger partial charge in [-0.3, -0.25) is 0 Å². The van der Waals surface area contributed by atoms with Gasteiger partial charge in [-0.15, -0.1) is 13.2 Å². The lowest BCUT2D eigenvalue weighted by atomic mass is 10.2. The number of ether oxygens (including phenoxy) is 2. The predicted molar refractivity (Wildman–Crippen MR) is 113 cm³/mol. The second-order valence-electron chi connectivity index (χ2n) is 7.00. The van der Waals surface area contributed by atoms with Crippen LogP contribution in [0.15, 0.2) is 54.7 Å². The van der Waals surface area contributed by atoms with E-state index in [2.05, 4.69) is 17.7 Å². The number of rotatable bonds is 5. The molecule has 0 radical (unpaired) electrons. The van der Waals surface area contributed by atoms with Gasteiger partial charge in [-0.25, -0.2) is 0 Å². The molecule has 1 aromatic heterocycles. The Hall–Kier alpha value is -3.10. The Bertz CT molecular complexity index is 1220. The van der Waals surface area contributed by atoms with Gasteiger partial charge in [0.1, 0.15) is 17.2 Å². The molecule has 1 aliphatic heterocycles. The Labute approximate surface area is 181 Å². The highest BCUT2D eigenvalue weighted by Gasteiger charge is 2.31. The first-order valence-corrected chi connectivity index (χ1v) is 9.82. The van der Waals surface area contributed by atoms with Crippen molar-refractivity contribution in [2.24, 2.45) is 5.73 Å². The van der Waals surface area contributed by atoms with Crippen molar-refractivity contribution >= 4 is 23.9 Å². The van der Waals surface area contributed by atoms with E-state index in [0.717, 1.165) is 22.3 Å². The Balaban J connectivity index is 1.61. The normalized spacial score (nSPS) is 15.7. The second-order valence-corrected chi connectivity index (χ2v) is 7.41. The average Bonchev–Trinajstić information content (AvgIpc) is 3.10. The number of hydrogen-bond acceptors (Lipinski definition) is 4. The van der Waals surface area contributed by atoms with Gasteiger partial charge in [0.15, 0.2) is 0 Å². The number of fused-ring (bicyclic) bond motifs is 1. The molecular weight excluding hydrogens is 431 g/mol. The minimum absolute atomic E-state index is 0.172. The Morgan fingerprint density at radius 2 is 1.87 bits per heavy atom. The van der Waals surface area contributed by atoms with E-state index in [0.29, 0.717) is 17.4 Å². The Kier molecular flexibility index (Phi) is 5.60. The number of hydrogen-bond donors (Lipinski definition) is 1. The summed E-state index contributed by atoms with van der Waals surface area (Å²) in [5.41, 5.74) is 6.64. The van der Waals surface area contributed by atoms with E-state index >= 15 is 0 Å². The lowest BCUT2D eigenvalue weighted by Crippen LogP contribution is -2.43. The maximum atomic E-state index is 12.4. The van der Waals surface area contributed by atoms with Crippen LogP contribution in [0.25, 0.3) is 18.0 Å². The summed E-state index contributed by atoms with van der Waals surface area (Å²) in [7, 11) is 0. The standard InChI is InChI=1S/C22H19ClF3N3O2/c1-14-9-15-7-8-29(20(15)12-28(14)13-27)16-5-6-21(19(23)10-16)30-17-3-2-4-18(11-17)31-22(24,25)26/h2-12,14H,13,27H2,1H3. The lowest BCUT2D eigenvalue weighted by molar-refractivity contribution is -0.274. The largest absolute Gasteiger partial charge is 0.573 e. The van der Waals surface area contributed by atoms with E-state index in [1.165, 1.54) is 18.2 Å². The molecule has 3 aromatic rings. The Morgan fingerprint density at radius 1 is 1.10 bits per heavy atom. The van der Waals surface area contributed by atoms with Crippen molar-refractivity contribution in [3.05, 3.63) is 70.3 Å². The maximum Gasteiger partial charge on any atom is 0.573 e. The molecule has 0 fully saturated rings. The smallest absolute Gasteiger partial charge is 0.456 e. The Morgan fingerprint density at radius 3 is 2.58 bits per heavy atom. The zero-order chi connectivity index (χ0) is 22.2. The van der Waals surface area contributed by atoms with Crippen molar-refractivity contribution in [3.8, 4) is 22.9 Å². The van der Waals surface area contributed by atoms with Crippen LogP contribution in [0.5, 0.6) is 17.2 Å². The number of benzene rings is 2. The highest BCUT2D eigenvalue weighted by Crippen LogP contribution is 2.33. The van der Waals surface area contributed by atoms with Gasteiger partial charge in [-0.05, 0) is 48.5 Å². The summed E-state index contributed by atoms with van der Waals surface area (Å²) in [5, 5.41) is 2.38. The van der Waals surface area contributed by atoms with E-state index in [-0.39, 0.29) is 17.5 Å². The molecule has 0 saturated carbocycles. The minimum atomic E-state index is -4.78. The van der Waals surface area contributed by atoms with Crippen LogP contribution in [0.1, 0.15) is 6.92 Å². The molecule has 1 unspecified atom stereocenters. The van der Waals surface area contributed by atoms with Crippen LogP contribution in [0.4, 0.5) is 13.2 Å². The molecule has 2 N–H and O–H groups in total. The van der Waals surface area contributed by atoms with Gasteiger partial charge >= 0.3 is 6.36 Å². The van der Waals surface area contributed by atoms with Gasteiger partial charge in [0, 0.05) is 30.2 Å². The fraction of sp³-hybridized carbons (Fsp3) is 0.182. The summed E-state index contributed by atoms with van der Waals surface area (Å²) in [4.78, 5) is 2.02. The second kappa shape index (κ2) is 8.20. The molecule has 0 saturated heterocycles. The maximum absolute atomic E-state index is 12.4. The zero-order valence-corrected chi connectivity index (χ0v) is 17.2. The molecular formula is C22H19ClF3N3O2. The SMILES string of the molecule is CC1C=c2ccn(-c3ccc(Oc4cccc(OC(F)(F)F)c4)c(Cl)c3)c2=CN1CN. The van der Waals surface area contributed by atoms with Crippen LogP contribution in [0.2, 0.25) is 5.02 Å². The molecule has 0 bridgehead atoms. The lowest BCUT2D eigenvalue weighted by Gasteiger charge is -2.25. The van der Waals surface area contributed by atoms with Gasteiger partial charge in [0.05, 0.1) is 17.0 Å². The molecule has 0 aliphatic carbocycles. The van der Waals surface area contributed by atoms with Crippen molar-refractivity contribution in [1.82, 2.24) is 9.47 Å². The molecule has 0 amide bonds. The van der Waals surface area contributed by atoms with Crippen molar-refractivity contribution in [2.45, 2.75) is 19.3 Å². The van der Waals surface area contributed by atoms with Gasteiger partial charge in [0.25, 0.3) is 0 Å². The van der Waals surface area contributed by atoms with E-state index in [1.54, 1.807) is 12.1 Å². The van der Waals surface area contributed by atoms with Crippen LogP contribution in [0, 0.1) is 0 Å². The molecule has 31 heavy (non-hydrogen) atoms. The van der Waals surface area contributed by atoms with E-state index in [1.807, 2.05) is 34.0 Å². The van der Waals surface area contributed by atoms with Crippen molar-refractivity contribution in [1.29, 1.82) is 0 Å². The van der Waals surface area contributed by atoms with Crippen LogP contribution in [-0.2, 0) is 0 Å². The third kappa shape index (κ3) is 4.65. The van der Waals surface area contributed by atoms with Gasteiger partial charge < -0.3 is 24.7 Å². The molecule has 9 heteroatoms. The van der Waals surface area contributed by atoms with E-state index in [9.17, 15) is 13.2 Å². The summed E-state index contributed by atoms with van der Waals surface area (Å²) in [5.74, 6) is 0.107. The van der Waals surface area contributed by atoms with Gasteiger partial charge in [0.2, 0.25) is 0 Å². The summed E-state index contributed by atoms with van der Waals surface area (Å²) in [6, 6.07) is 12.7. The summed E-state index contributed by atoms with van der Waals surface area (Å²) in [6.45, 7) is 2.47. The first-order chi connectivity index (χ1) is 14.7. The van der Waals surface area contributed by atoms with Crippen LogP contribution < -0.4 is 25.8 Å². The van der Waals surface area contributed by atoms with E-state index in [4.69, 9.17) is 22.1 Å². The topological polar surface area (TPSA) is 52.7 Å².